The number of benzene rings is 2. The molecule has 0 amide bonds. The molecular formula is C17H12F2N2O2. The molecule has 0 aliphatic heterocycles. The first-order valence-corrected chi connectivity index (χ1v) is 6.80. The third kappa shape index (κ3) is 2.83. The molecule has 23 heavy (non-hydrogen) atoms. The van der Waals surface area contributed by atoms with Crippen LogP contribution in [0, 0.1) is 18.6 Å². The SMILES string of the molecule is Cc1cccc(Nc2c(C(=O)O)cnc3c(F)cc(F)cc23)c1. The summed E-state index contributed by atoms with van der Waals surface area (Å²) in [6, 6.07) is 8.99. The highest BCUT2D eigenvalue weighted by atomic mass is 19.1. The Hall–Kier alpha value is -3.02. The lowest BCUT2D eigenvalue weighted by atomic mass is 10.1. The monoisotopic (exact) mass is 314 g/mol. The molecule has 0 spiro atoms. The van der Waals surface area contributed by atoms with Crippen LogP contribution in [0.2, 0.25) is 0 Å². The molecule has 4 nitrogen and oxygen atoms in total. The zero-order chi connectivity index (χ0) is 16.6. The van der Waals surface area contributed by atoms with Crippen LogP contribution in [0.3, 0.4) is 0 Å². The van der Waals surface area contributed by atoms with E-state index in [9.17, 15) is 18.7 Å². The number of aromatic nitrogens is 1. The average Bonchev–Trinajstić information content (AvgIpc) is 2.47. The second-order valence-corrected chi connectivity index (χ2v) is 5.13. The van der Waals surface area contributed by atoms with E-state index < -0.39 is 17.6 Å². The van der Waals surface area contributed by atoms with Crippen molar-refractivity contribution in [3.05, 3.63) is 65.4 Å². The first-order valence-electron chi connectivity index (χ1n) is 6.80. The van der Waals surface area contributed by atoms with Crippen molar-refractivity contribution in [2.45, 2.75) is 6.92 Å². The van der Waals surface area contributed by atoms with E-state index in [4.69, 9.17) is 0 Å². The van der Waals surface area contributed by atoms with E-state index in [1.54, 1.807) is 18.2 Å². The van der Waals surface area contributed by atoms with E-state index in [2.05, 4.69) is 10.3 Å². The largest absolute Gasteiger partial charge is 0.478 e. The minimum atomic E-state index is -1.24. The minimum absolute atomic E-state index is 0.0731. The predicted octanol–water partition coefficient (Wildman–Crippen LogP) is 4.26. The molecule has 6 heteroatoms. The van der Waals surface area contributed by atoms with Crippen molar-refractivity contribution < 1.29 is 18.7 Å². The lowest BCUT2D eigenvalue weighted by molar-refractivity contribution is 0.0697. The number of carboxylic acid groups (broad SMARTS) is 1. The van der Waals surface area contributed by atoms with Crippen LogP contribution >= 0.6 is 0 Å². The Kier molecular flexibility index (Phi) is 3.65. The number of carboxylic acids is 1. The van der Waals surface area contributed by atoms with Gasteiger partial charge in [-0.05, 0) is 30.7 Å². The van der Waals surface area contributed by atoms with Crippen molar-refractivity contribution in [1.29, 1.82) is 0 Å². The normalized spacial score (nSPS) is 10.7. The standard InChI is InChI=1S/C17H12F2N2O2/c1-9-3-2-4-11(5-9)21-15-12-6-10(18)7-14(19)16(12)20-8-13(15)17(22)23/h2-8H,1H3,(H,20,21)(H,22,23). The van der Waals surface area contributed by atoms with Crippen LogP contribution in [-0.2, 0) is 0 Å². The van der Waals surface area contributed by atoms with Crippen LogP contribution in [-0.4, -0.2) is 16.1 Å². The molecule has 3 rings (SSSR count). The van der Waals surface area contributed by atoms with Gasteiger partial charge in [-0.1, -0.05) is 12.1 Å². The van der Waals surface area contributed by atoms with Crippen LogP contribution < -0.4 is 5.32 Å². The Morgan fingerprint density at radius 2 is 2.00 bits per heavy atom. The summed E-state index contributed by atoms with van der Waals surface area (Å²) < 4.78 is 27.5. The van der Waals surface area contributed by atoms with Crippen LogP contribution in [0.4, 0.5) is 20.2 Å². The molecule has 0 bridgehead atoms. The minimum Gasteiger partial charge on any atom is -0.478 e. The second kappa shape index (κ2) is 5.64. The summed E-state index contributed by atoms with van der Waals surface area (Å²) in [6.07, 6.45) is 1.06. The van der Waals surface area contributed by atoms with Gasteiger partial charge >= 0.3 is 5.97 Å². The van der Waals surface area contributed by atoms with Gasteiger partial charge in [0.2, 0.25) is 0 Å². The van der Waals surface area contributed by atoms with Crippen molar-refractivity contribution in [2.24, 2.45) is 0 Å². The quantitative estimate of drug-likeness (QED) is 0.758. The van der Waals surface area contributed by atoms with Crippen LogP contribution in [0.5, 0.6) is 0 Å². The fourth-order valence-corrected chi connectivity index (χ4v) is 2.39. The molecule has 116 valence electrons. The molecule has 2 N–H and O–H groups in total. The van der Waals surface area contributed by atoms with Gasteiger partial charge in [-0.3, -0.25) is 4.98 Å². The molecule has 1 aromatic heterocycles. The van der Waals surface area contributed by atoms with E-state index in [1.165, 1.54) is 0 Å². The van der Waals surface area contributed by atoms with Gasteiger partial charge in [0, 0.05) is 23.3 Å². The van der Waals surface area contributed by atoms with Crippen LogP contribution in [0.25, 0.3) is 10.9 Å². The highest BCUT2D eigenvalue weighted by molar-refractivity contribution is 6.05. The van der Waals surface area contributed by atoms with E-state index in [0.29, 0.717) is 11.8 Å². The average molecular weight is 314 g/mol. The highest BCUT2D eigenvalue weighted by Gasteiger charge is 2.18. The summed E-state index contributed by atoms with van der Waals surface area (Å²) in [7, 11) is 0. The number of hydrogen-bond acceptors (Lipinski definition) is 3. The number of aromatic carboxylic acids is 1. The molecule has 0 aliphatic carbocycles. The van der Waals surface area contributed by atoms with E-state index in [-0.39, 0.29) is 22.2 Å². The Labute approximate surface area is 130 Å². The summed E-state index contributed by atoms with van der Waals surface area (Å²) in [4.78, 5) is 15.2. The molecule has 0 unspecified atom stereocenters. The van der Waals surface area contributed by atoms with Crippen LogP contribution in [0.15, 0.2) is 42.6 Å². The first-order chi connectivity index (χ1) is 11.0. The second-order valence-electron chi connectivity index (χ2n) is 5.13. The van der Waals surface area contributed by atoms with Gasteiger partial charge in [0.15, 0.2) is 5.82 Å². The van der Waals surface area contributed by atoms with Crippen molar-refractivity contribution >= 4 is 28.2 Å². The first kappa shape index (κ1) is 14.9. The number of halogens is 2. The van der Waals surface area contributed by atoms with Crippen molar-refractivity contribution in [3.8, 4) is 0 Å². The van der Waals surface area contributed by atoms with Crippen molar-refractivity contribution in [1.82, 2.24) is 4.98 Å². The third-order valence-corrected chi connectivity index (χ3v) is 3.41. The fraction of sp³-hybridized carbons (Fsp3) is 0.0588. The Bertz CT molecular complexity index is 926. The summed E-state index contributed by atoms with van der Waals surface area (Å²) in [5.41, 5.74) is 1.43. The maximum atomic E-state index is 13.9. The molecule has 0 saturated carbocycles. The number of nitrogens with zero attached hydrogens (tertiary/aromatic N) is 1. The molecule has 0 radical (unpaired) electrons. The topological polar surface area (TPSA) is 62.2 Å². The smallest absolute Gasteiger partial charge is 0.339 e. The van der Waals surface area contributed by atoms with Gasteiger partial charge in [0.1, 0.15) is 16.9 Å². The van der Waals surface area contributed by atoms with Gasteiger partial charge < -0.3 is 10.4 Å². The zero-order valence-electron chi connectivity index (χ0n) is 12.1. The molecule has 0 fully saturated rings. The number of rotatable bonds is 3. The summed E-state index contributed by atoms with van der Waals surface area (Å²) in [5, 5.41) is 12.3. The summed E-state index contributed by atoms with van der Waals surface area (Å²) in [5.74, 6) is -2.88. The van der Waals surface area contributed by atoms with Gasteiger partial charge in [-0.2, -0.15) is 0 Å². The van der Waals surface area contributed by atoms with E-state index in [0.717, 1.165) is 17.8 Å². The number of nitrogens with one attached hydrogen (secondary N) is 1. The number of hydrogen-bond donors (Lipinski definition) is 2. The van der Waals surface area contributed by atoms with Gasteiger partial charge in [-0.25, -0.2) is 13.6 Å². The van der Waals surface area contributed by atoms with Gasteiger partial charge in [0.05, 0.1) is 5.69 Å². The number of carbonyl (C=O) groups is 1. The number of pyridine rings is 1. The lowest BCUT2D eigenvalue weighted by Crippen LogP contribution is -2.05. The Morgan fingerprint density at radius 3 is 2.70 bits per heavy atom. The molecule has 1 heterocycles. The zero-order valence-corrected chi connectivity index (χ0v) is 12.1. The third-order valence-electron chi connectivity index (χ3n) is 3.41. The fourth-order valence-electron chi connectivity index (χ4n) is 2.39. The lowest BCUT2D eigenvalue weighted by Gasteiger charge is -2.13. The summed E-state index contributed by atoms with van der Waals surface area (Å²) >= 11 is 0. The number of fused-ring (bicyclic) bond motifs is 1. The number of aryl methyl sites for hydroxylation is 1. The van der Waals surface area contributed by atoms with E-state index >= 15 is 0 Å². The Balaban J connectivity index is 2.26. The number of anilines is 2. The van der Waals surface area contributed by atoms with E-state index in [1.807, 2.05) is 13.0 Å². The highest BCUT2D eigenvalue weighted by Crippen LogP contribution is 2.31. The van der Waals surface area contributed by atoms with Gasteiger partial charge in [0.25, 0.3) is 0 Å². The molecule has 2 aromatic carbocycles. The molecule has 3 aromatic rings. The molecule has 0 atom stereocenters. The maximum Gasteiger partial charge on any atom is 0.339 e. The van der Waals surface area contributed by atoms with Crippen molar-refractivity contribution in [3.63, 3.8) is 0 Å². The molecule has 0 aliphatic rings. The summed E-state index contributed by atoms with van der Waals surface area (Å²) in [6.45, 7) is 1.88. The molecule has 0 saturated heterocycles. The molecular weight excluding hydrogens is 302 g/mol. The van der Waals surface area contributed by atoms with Gasteiger partial charge in [-0.15, -0.1) is 0 Å². The maximum absolute atomic E-state index is 13.9. The van der Waals surface area contributed by atoms with Crippen LogP contribution in [0.1, 0.15) is 15.9 Å². The Morgan fingerprint density at radius 1 is 1.22 bits per heavy atom. The predicted molar refractivity (Wildman–Crippen MR) is 83.1 cm³/mol. The van der Waals surface area contributed by atoms with Crippen molar-refractivity contribution in [2.75, 3.05) is 5.32 Å².